The number of rotatable bonds is 3. The van der Waals surface area contributed by atoms with Crippen LogP contribution in [0.4, 0.5) is 14.9 Å². The van der Waals surface area contributed by atoms with Crippen molar-refractivity contribution >= 4 is 11.7 Å². The van der Waals surface area contributed by atoms with Crippen LogP contribution in [0.25, 0.3) is 11.3 Å². The molecule has 0 saturated heterocycles. The minimum absolute atomic E-state index is 0.301. The van der Waals surface area contributed by atoms with Crippen molar-refractivity contribution in [1.82, 2.24) is 14.5 Å². The molecule has 1 aromatic carbocycles. The highest BCUT2D eigenvalue weighted by atomic mass is 19.1. The van der Waals surface area contributed by atoms with Crippen molar-refractivity contribution in [3.05, 3.63) is 66.6 Å². The number of imidazole rings is 1. The summed E-state index contributed by atoms with van der Waals surface area (Å²) in [6.07, 6.45) is 6.53. The summed E-state index contributed by atoms with van der Waals surface area (Å²) < 4.78 is 14.4. The zero-order chi connectivity index (χ0) is 16.2. The molecule has 2 heterocycles. The van der Waals surface area contributed by atoms with Gasteiger partial charge in [-0.1, -0.05) is 13.0 Å². The van der Waals surface area contributed by atoms with E-state index in [9.17, 15) is 9.18 Å². The zero-order valence-corrected chi connectivity index (χ0v) is 12.5. The number of hydrogen-bond acceptors (Lipinski definition) is 3. The fourth-order valence-electron chi connectivity index (χ4n) is 2.30. The maximum absolute atomic E-state index is 13.1. The van der Waals surface area contributed by atoms with Crippen molar-refractivity contribution in [2.45, 2.75) is 13.3 Å². The predicted octanol–water partition coefficient (Wildman–Crippen LogP) is 3.73. The summed E-state index contributed by atoms with van der Waals surface area (Å²) in [7, 11) is 0. The van der Waals surface area contributed by atoms with E-state index in [0.29, 0.717) is 11.4 Å². The van der Waals surface area contributed by atoms with Gasteiger partial charge >= 0.3 is 6.03 Å². The van der Waals surface area contributed by atoms with Crippen LogP contribution in [-0.2, 0) is 6.42 Å². The van der Waals surface area contributed by atoms with E-state index in [-0.39, 0.29) is 11.8 Å². The van der Waals surface area contributed by atoms with Crippen LogP contribution < -0.4 is 5.32 Å². The number of benzene rings is 1. The van der Waals surface area contributed by atoms with Gasteiger partial charge in [-0.2, -0.15) is 0 Å². The first-order chi connectivity index (χ1) is 11.2. The summed E-state index contributed by atoms with van der Waals surface area (Å²) in [5, 5.41) is 2.80. The normalized spacial score (nSPS) is 10.5. The second-order valence-corrected chi connectivity index (χ2v) is 4.99. The summed E-state index contributed by atoms with van der Waals surface area (Å²) in [6.45, 7) is 2.03. The molecule has 2 aromatic heterocycles. The number of nitrogens with zero attached hydrogens (tertiary/aromatic N) is 3. The molecule has 0 bridgehead atoms. The highest BCUT2D eigenvalue weighted by Gasteiger charge is 2.09. The summed E-state index contributed by atoms with van der Waals surface area (Å²) in [6, 6.07) is 8.31. The van der Waals surface area contributed by atoms with Crippen LogP contribution in [0.15, 0.2) is 55.2 Å². The molecular weight excluding hydrogens is 295 g/mol. The van der Waals surface area contributed by atoms with Gasteiger partial charge in [0.15, 0.2) is 0 Å². The molecule has 3 rings (SSSR count). The summed E-state index contributed by atoms with van der Waals surface area (Å²) in [5.41, 5.74) is 3.25. The van der Waals surface area contributed by atoms with Gasteiger partial charge in [0, 0.05) is 23.6 Å². The molecular formula is C17H15FN4O. The van der Waals surface area contributed by atoms with E-state index in [2.05, 4.69) is 15.3 Å². The van der Waals surface area contributed by atoms with Gasteiger partial charge in [0.05, 0.1) is 11.9 Å². The Morgan fingerprint density at radius 1 is 1.30 bits per heavy atom. The molecule has 0 saturated carbocycles. The molecule has 1 N–H and O–H groups in total. The van der Waals surface area contributed by atoms with Crippen molar-refractivity contribution in [3.63, 3.8) is 0 Å². The predicted molar refractivity (Wildman–Crippen MR) is 85.7 cm³/mol. The molecule has 0 atom stereocenters. The summed E-state index contributed by atoms with van der Waals surface area (Å²) in [5.74, 6) is -0.378. The molecule has 0 spiro atoms. The number of carbonyl (C=O) groups is 1. The molecule has 0 radical (unpaired) electrons. The number of aryl methyl sites for hydroxylation is 1. The van der Waals surface area contributed by atoms with E-state index in [4.69, 9.17) is 0 Å². The number of halogens is 1. The molecule has 0 aliphatic rings. The number of carbonyl (C=O) groups excluding carboxylic acids is 1. The van der Waals surface area contributed by atoms with Crippen LogP contribution in [0.1, 0.15) is 12.5 Å². The number of amides is 1. The van der Waals surface area contributed by atoms with Gasteiger partial charge < -0.3 is 5.32 Å². The topological polar surface area (TPSA) is 59.8 Å². The minimum Gasteiger partial charge on any atom is -0.307 e. The van der Waals surface area contributed by atoms with Gasteiger partial charge in [-0.05, 0) is 36.2 Å². The van der Waals surface area contributed by atoms with E-state index in [0.717, 1.165) is 17.5 Å². The Kier molecular flexibility index (Phi) is 4.14. The Hall–Kier alpha value is -3.02. The molecule has 0 aliphatic heterocycles. The maximum Gasteiger partial charge on any atom is 0.331 e. The third-order valence-electron chi connectivity index (χ3n) is 3.48. The maximum atomic E-state index is 13.1. The largest absolute Gasteiger partial charge is 0.331 e. The molecule has 1 amide bonds. The van der Waals surface area contributed by atoms with E-state index in [1.54, 1.807) is 12.3 Å². The van der Waals surface area contributed by atoms with E-state index < -0.39 is 0 Å². The van der Waals surface area contributed by atoms with Crippen LogP contribution >= 0.6 is 0 Å². The van der Waals surface area contributed by atoms with Crippen LogP contribution in [0.2, 0.25) is 0 Å². The van der Waals surface area contributed by atoms with E-state index in [1.807, 2.05) is 25.1 Å². The molecule has 23 heavy (non-hydrogen) atoms. The summed E-state index contributed by atoms with van der Waals surface area (Å²) in [4.78, 5) is 20.0. The van der Waals surface area contributed by atoms with Crippen LogP contribution in [0, 0.1) is 5.82 Å². The molecule has 116 valence electrons. The first kappa shape index (κ1) is 14.9. The lowest BCUT2D eigenvalue weighted by molar-refractivity contribution is 0.253. The number of pyridine rings is 1. The van der Waals surface area contributed by atoms with Gasteiger partial charge in [0.2, 0.25) is 0 Å². The summed E-state index contributed by atoms with van der Waals surface area (Å²) >= 11 is 0. The van der Waals surface area contributed by atoms with E-state index in [1.165, 1.54) is 29.4 Å². The average molecular weight is 310 g/mol. The molecule has 0 fully saturated rings. The first-order valence-electron chi connectivity index (χ1n) is 7.21. The van der Waals surface area contributed by atoms with E-state index >= 15 is 0 Å². The number of anilines is 1. The second kappa shape index (κ2) is 6.39. The lowest BCUT2D eigenvalue weighted by Crippen LogP contribution is -2.17. The average Bonchev–Trinajstić information content (AvgIpc) is 3.10. The number of aromatic nitrogens is 3. The quantitative estimate of drug-likeness (QED) is 0.802. The standard InChI is InChI=1S/C17H15FN4O/c1-2-12-3-5-14(21-17(23)22-8-7-19-11-22)9-15(12)16-6-4-13(18)10-20-16/h3-11H,2H2,1H3,(H,21,23). The van der Waals surface area contributed by atoms with Crippen molar-refractivity contribution in [2.75, 3.05) is 5.32 Å². The van der Waals surface area contributed by atoms with Crippen molar-refractivity contribution in [3.8, 4) is 11.3 Å². The van der Waals surface area contributed by atoms with Crippen molar-refractivity contribution < 1.29 is 9.18 Å². The van der Waals surface area contributed by atoms with Crippen LogP contribution in [0.5, 0.6) is 0 Å². The zero-order valence-electron chi connectivity index (χ0n) is 12.5. The Balaban J connectivity index is 1.93. The fraction of sp³-hybridized carbons (Fsp3) is 0.118. The first-order valence-corrected chi connectivity index (χ1v) is 7.21. The fourth-order valence-corrected chi connectivity index (χ4v) is 2.30. The van der Waals surface area contributed by atoms with Gasteiger partial charge in [0.25, 0.3) is 0 Å². The monoisotopic (exact) mass is 310 g/mol. The molecule has 3 aromatic rings. The Morgan fingerprint density at radius 3 is 2.83 bits per heavy atom. The van der Waals surface area contributed by atoms with Gasteiger partial charge in [-0.15, -0.1) is 0 Å². The van der Waals surface area contributed by atoms with Gasteiger partial charge in [-0.3, -0.25) is 9.55 Å². The SMILES string of the molecule is CCc1ccc(NC(=O)n2ccnc2)cc1-c1ccc(F)cn1. The third-order valence-corrected chi connectivity index (χ3v) is 3.48. The van der Waals surface area contributed by atoms with Gasteiger partial charge in [0.1, 0.15) is 12.1 Å². The number of hydrogen-bond donors (Lipinski definition) is 1. The molecule has 0 unspecified atom stereocenters. The second-order valence-electron chi connectivity index (χ2n) is 4.99. The molecule has 5 nitrogen and oxygen atoms in total. The van der Waals surface area contributed by atoms with Crippen LogP contribution in [-0.4, -0.2) is 20.6 Å². The lowest BCUT2D eigenvalue weighted by Gasteiger charge is -2.11. The smallest absolute Gasteiger partial charge is 0.307 e. The van der Waals surface area contributed by atoms with Crippen molar-refractivity contribution in [2.24, 2.45) is 0 Å². The molecule has 6 heteroatoms. The Morgan fingerprint density at radius 2 is 2.17 bits per heavy atom. The highest BCUT2D eigenvalue weighted by Crippen LogP contribution is 2.26. The lowest BCUT2D eigenvalue weighted by atomic mass is 10.0. The minimum atomic E-state index is -0.378. The number of nitrogens with one attached hydrogen (secondary N) is 1. The van der Waals surface area contributed by atoms with Crippen LogP contribution in [0.3, 0.4) is 0 Å². The Bertz CT molecular complexity index is 813. The van der Waals surface area contributed by atoms with Gasteiger partial charge in [-0.25, -0.2) is 14.2 Å². The highest BCUT2D eigenvalue weighted by molar-refractivity contribution is 5.91. The molecule has 0 aliphatic carbocycles. The Labute approximate surface area is 132 Å². The van der Waals surface area contributed by atoms with Crippen molar-refractivity contribution in [1.29, 1.82) is 0 Å². The third kappa shape index (κ3) is 3.26.